The van der Waals surface area contributed by atoms with Gasteiger partial charge in [0.15, 0.2) is 0 Å². The number of piperidine rings is 1. The predicted molar refractivity (Wildman–Crippen MR) is 73.2 cm³/mol. The zero-order chi connectivity index (χ0) is 13.1. The number of aliphatic hydroxyl groups is 1. The Kier molecular flexibility index (Phi) is 4.76. The summed E-state index contributed by atoms with van der Waals surface area (Å²) < 4.78 is 0. The van der Waals surface area contributed by atoms with Gasteiger partial charge in [0, 0.05) is 31.7 Å². The van der Waals surface area contributed by atoms with Gasteiger partial charge in [0.25, 0.3) is 0 Å². The van der Waals surface area contributed by atoms with Crippen LogP contribution in [0.3, 0.4) is 0 Å². The van der Waals surface area contributed by atoms with Gasteiger partial charge < -0.3 is 10.4 Å². The van der Waals surface area contributed by atoms with Crippen molar-refractivity contribution in [2.75, 3.05) is 26.2 Å². The van der Waals surface area contributed by atoms with Gasteiger partial charge in [0.05, 0.1) is 5.60 Å². The molecule has 1 saturated heterocycles. The number of hydrogen-bond donors (Lipinski definition) is 2. The Hall–Kier alpha value is -0.380. The van der Waals surface area contributed by atoms with Crippen LogP contribution in [0.25, 0.3) is 0 Å². The first kappa shape index (κ1) is 14.7. The maximum atomic E-state index is 9.87. The third-order valence-electron chi connectivity index (χ3n) is 3.25. The van der Waals surface area contributed by atoms with Crippen molar-refractivity contribution in [2.24, 2.45) is 0 Å². The number of rotatable bonds is 4. The Morgan fingerprint density at radius 1 is 1.35 bits per heavy atom. The molecule has 3 nitrogen and oxygen atoms in total. The molecule has 0 bridgehead atoms. The molecule has 1 aliphatic rings. The maximum absolute atomic E-state index is 9.87. The third-order valence-corrected chi connectivity index (χ3v) is 3.25. The Bertz CT molecular complexity index is 256. The monoisotopic (exact) mass is 240 g/mol. The van der Waals surface area contributed by atoms with Crippen molar-refractivity contribution in [1.29, 1.82) is 0 Å². The average molecular weight is 240 g/mol. The highest BCUT2D eigenvalue weighted by Gasteiger charge is 2.27. The second-order valence-corrected chi connectivity index (χ2v) is 6.63. The van der Waals surface area contributed by atoms with Crippen LogP contribution in [0.5, 0.6) is 0 Å². The first-order valence-electron chi connectivity index (χ1n) is 6.54. The number of hydrogen-bond acceptors (Lipinski definition) is 3. The SMILES string of the molecule is C=C(CNC(C)(C)C)CN1CCC(C)(O)CC1. The summed E-state index contributed by atoms with van der Waals surface area (Å²) >= 11 is 0. The fraction of sp³-hybridized carbons (Fsp3) is 0.857. The van der Waals surface area contributed by atoms with Crippen LogP contribution in [0.4, 0.5) is 0 Å². The van der Waals surface area contributed by atoms with Crippen molar-refractivity contribution in [1.82, 2.24) is 10.2 Å². The normalized spacial score (nSPS) is 21.5. The number of nitrogens with one attached hydrogen (secondary N) is 1. The van der Waals surface area contributed by atoms with Gasteiger partial charge in [-0.15, -0.1) is 0 Å². The average Bonchev–Trinajstić information content (AvgIpc) is 2.17. The summed E-state index contributed by atoms with van der Waals surface area (Å²) in [5.41, 5.74) is 0.914. The van der Waals surface area contributed by atoms with Crippen molar-refractivity contribution in [3.05, 3.63) is 12.2 Å². The van der Waals surface area contributed by atoms with Gasteiger partial charge in [-0.05, 0) is 46.1 Å². The molecule has 0 saturated carbocycles. The van der Waals surface area contributed by atoms with Crippen molar-refractivity contribution in [2.45, 2.75) is 51.7 Å². The molecule has 100 valence electrons. The summed E-state index contributed by atoms with van der Waals surface area (Å²) in [5, 5.41) is 13.3. The molecule has 2 N–H and O–H groups in total. The van der Waals surface area contributed by atoms with Gasteiger partial charge >= 0.3 is 0 Å². The molecule has 17 heavy (non-hydrogen) atoms. The summed E-state index contributed by atoms with van der Waals surface area (Å²) in [5.74, 6) is 0. The molecule has 0 aromatic carbocycles. The van der Waals surface area contributed by atoms with E-state index in [0.29, 0.717) is 0 Å². The fourth-order valence-electron chi connectivity index (χ4n) is 1.96. The van der Waals surface area contributed by atoms with E-state index in [0.717, 1.165) is 39.0 Å². The van der Waals surface area contributed by atoms with Crippen LogP contribution in [0.2, 0.25) is 0 Å². The highest BCUT2D eigenvalue weighted by Crippen LogP contribution is 2.21. The minimum absolute atomic E-state index is 0.147. The van der Waals surface area contributed by atoms with E-state index in [1.807, 2.05) is 6.92 Å². The molecule has 0 aliphatic carbocycles. The second kappa shape index (κ2) is 5.51. The standard InChI is InChI=1S/C14H28N2O/c1-12(10-15-13(2,3)4)11-16-8-6-14(5,17)7-9-16/h15,17H,1,6-11H2,2-5H3. The Labute approximate surface area is 106 Å². The molecular formula is C14H28N2O. The Morgan fingerprint density at radius 3 is 2.35 bits per heavy atom. The van der Waals surface area contributed by atoms with Gasteiger partial charge in [-0.2, -0.15) is 0 Å². The van der Waals surface area contributed by atoms with Gasteiger partial charge in [0.2, 0.25) is 0 Å². The van der Waals surface area contributed by atoms with Gasteiger partial charge in [-0.3, -0.25) is 4.90 Å². The fourth-order valence-corrected chi connectivity index (χ4v) is 1.96. The zero-order valence-electron chi connectivity index (χ0n) is 11.8. The summed E-state index contributed by atoms with van der Waals surface area (Å²) in [7, 11) is 0. The van der Waals surface area contributed by atoms with Crippen LogP contribution in [0.15, 0.2) is 12.2 Å². The van der Waals surface area contributed by atoms with Crippen molar-refractivity contribution in [3.63, 3.8) is 0 Å². The molecule has 1 heterocycles. The molecule has 1 rings (SSSR count). The first-order valence-corrected chi connectivity index (χ1v) is 6.54. The van der Waals surface area contributed by atoms with Crippen LogP contribution in [-0.2, 0) is 0 Å². The lowest BCUT2D eigenvalue weighted by Gasteiger charge is -2.36. The number of nitrogens with zero attached hydrogens (tertiary/aromatic N) is 1. The van der Waals surface area contributed by atoms with Crippen LogP contribution >= 0.6 is 0 Å². The van der Waals surface area contributed by atoms with Crippen LogP contribution < -0.4 is 5.32 Å². The molecule has 0 radical (unpaired) electrons. The summed E-state index contributed by atoms with van der Waals surface area (Å²) in [4.78, 5) is 2.38. The summed E-state index contributed by atoms with van der Waals surface area (Å²) in [6.07, 6.45) is 1.74. The molecule has 0 aromatic heterocycles. The van der Waals surface area contributed by atoms with E-state index < -0.39 is 5.60 Å². The smallest absolute Gasteiger partial charge is 0.0644 e. The van der Waals surface area contributed by atoms with Gasteiger partial charge in [-0.25, -0.2) is 0 Å². The van der Waals surface area contributed by atoms with E-state index in [9.17, 15) is 5.11 Å². The third kappa shape index (κ3) is 6.20. The Balaban J connectivity index is 2.24. The second-order valence-electron chi connectivity index (χ2n) is 6.63. The lowest BCUT2D eigenvalue weighted by atomic mass is 9.93. The molecule has 3 heteroatoms. The largest absolute Gasteiger partial charge is 0.390 e. The van der Waals surface area contributed by atoms with Gasteiger partial charge in [-0.1, -0.05) is 6.58 Å². The Morgan fingerprint density at radius 2 is 1.88 bits per heavy atom. The number of likely N-dealkylation sites (tertiary alicyclic amines) is 1. The molecule has 1 aliphatic heterocycles. The predicted octanol–water partition coefficient (Wildman–Crippen LogP) is 1.78. The highest BCUT2D eigenvalue weighted by atomic mass is 16.3. The van der Waals surface area contributed by atoms with E-state index in [-0.39, 0.29) is 5.54 Å². The van der Waals surface area contributed by atoms with E-state index >= 15 is 0 Å². The zero-order valence-corrected chi connectivity index (χ0v) is 11.8. The topological polar surface area (TPSA) is 35.5 Å². The van der Waals surface area contributed by atoms with Crippen LogP contribution in [0.1, 0.15) is 40.5 Å². The molecule has 0 amide bonds. The lowest BCUT2D eigenvalue weighted by molar-refractivity contribution is -0.00312. The minimum atomic E-state index is -0.457. The highest BCUT2D eigenvalue weighted by molar-refractivity contribution is 5.02. The quantitative estimate of drug-likeness (QED) is 0.735. The lowest BCUT2D eigenvalue weighted by Crippen LogP contribution is -2.44. The molecular weight excluding hydrogens is 212 g/mol. The van der Waals surface area contributed by atoms with Crippen LogP contribution in [0, 0.1) is 0 Å². The minimum Gasteiger partial charge on any atom is -0.390 e. The first-order chi connectivity index (χ1) is 7.68. The van der Waals surface area contributed by atoms with Crippen molar-refractivity contribution in [3.8, 4) is 0 Å². The van der Waals surface area contributed by atoms with E-state index in [1.165, 1.54) is 5.57 Å². The van der Waals surface area contributed by atoms with Crippen molar-refractivity contribution < 1.29 is 5.11 Å². The van der Waals surface area contributed by atoms with E-state index in [2.05, 4.69) is 37.6 Å². The van der Waals surface area contributed by atoms with E-state index in [1.54, 1.807) is 0 Å². The van der Waals surface area contributed by atoms with Gasteiger partial charge in [0.1, 0.15) is 0 Å². The molecule has 0 unspecified atom stereocenters. The maximum Gasteiger partial charge on any atom is 0.0644 e. The molecule has 0 aromatic rings. The van der Waals surface area contributed by atoms with Crippen LogP contribution in [-0.4, -0.2) is 47.3 Å². The van der Waals surface area contributed by atoms with E-state index in [4.69, 9.17) is 0 Å². The molecule has 0 atom stereocenters. The van der Waals surface area contributed by atoms with Crippen molar-refractivity contribution >= 4 is 0 Å². The summed E-state index contributed by atoms with van der Waals surface area (Å²) in [6, 6.07) is 0. The molecule has 0 spiro atoms. The molecule has 1 fully saturated rings. The summed E-state index contributed by atoms with van der Waals surface area (Å²) in [6.45, 7) is 16.3.